The molecule has 4 aromatic rings. The molecule has 3 aliphatic carbocycles. The molecule has 46 heavy (non-hydrogen) atoms. The van der Waals surface area contributed by atoms with Gasteiger partial charge in [-0.2, -0.15) is 0 Å². The van der Waals surface area contributed by atoms with E-state index < -0.39 is 0 Å². The highest BCUT2D eigenvalue weighted by atomic mass is 15.0. The summed E-state index contributed by atoms with van der Waals surface area (Å²) < 4.78 is 0. The second-order valence-electron chi connectivity index (χ2n) is 11.8. The summed E-state index contributed by atoms with van der Waals surface area (Å²) in [6, 6.07) is 18.6. The second kappa shape index (κ2) is 12.9. The van der Waals surface area contributed by atoms with E-state index in [1.807, 2.05) is 62.4 Å². The summed E-state index contributed by atoms with van der Waals surface area (Å²) in [6.45, 7) is 6.24. The molecule has 7 rings (SSSR count). The molecule has 0 fully saturated rings. The van der Waals surface area contributed by atoms with E-state index >= 15 is 0 Å². The monoisotopic (exact) mass is 596 g/mol. The van der Waals surface area contributed by atoms with Gasteiger partial charge < -0.3 is 0 Å². The third kappa shape index (κ3) is 5.82. The number of hydrogen-bond acceptors (Lipinski definition) is 4. The molecule has 4 nitrogen and oxygen atoms in total. The number of pyridine rings is 1. The van der Waals surface area contributed by atoms with Crippen LogP contribution in [0.1, 0.15) is 48.5 Å². The first-order valence-electron chi connectivity index (χ1n) is 16.0. The lowest BCUT2D eigenvalue weighted by Crippen LogP contribution is -2.15. The number of rotatable bonds is 6. The van der Waals surface area contributed by atoms with Gasteiger partial charge in [-0.15, -0.1) is 0 Å². The van der Waals surface area contributed by atoms with Crippen LogP contribution in [0.5, 0.6) is 0 Å². The molecule has 0 spiro atoms. The molecule has 2 aromatic heterocycles. The molecule has 0 saturated heterocycles. The van der Waals surface area contributed by atoms with E-state index in [0.29, 0.717) is 23.4 Å². The maximum atomic E-state index is 5.38. The molecule has 0 radical (unpaired) electrons. The fourth-order valence-electron chi connectivity index (χ4n) is 6.32. The number of hydrogen-bond donors (Lipinski definition) is 0. The van der Waals surface area contributed by atoms with Crippen molar-refractivity contribution in [2.75, 3.05) is 0 Å². The smallest absolute Gasteiger partial charge is 0.164 e. The molecule has 0 N–H and O–H groups in total. The molecule has 4 heteroatoms. The first kappa shape index (κ1) is 29.2. The van der Waals surface area contributed by atoms with E-state index in [1.54, 1.807) is 0 Å². The van der Waals surface area contributed by atoms with Crippen molar-refractivity contribution in [2.45, 2.75) is 33.6 Å². The molecule has 0 saturated carbocycles. The van der Waals surface area contributed by atoms with Crippen molar-refractivity contribution >= 4 is 17.7 Å². The summed E-state index contributed by atoms with van der Waals surface area (Å²) in [5.74, 6) is 2.32. The van der Waals surface area contributed by atoms with Crippen molar-refractivity contribution in [3.8, 4) is 34.0 Å². The molecule has 2 heterocycles. The van der Waals surface area contributed by atoms with Crippen molar-refractivity contribution in [3.05, 3.63) is 161 Å². The van der Waals surface area contributed by atoms with Crippen molar-refractivity contribution in [3.63, 3.8) is 0 Å². The van der Waals surface area contributed by atoms with E-state index in [4.69, 9.17) is 19.9 Å². The molecule has 1 unspecified atom stereocenters. The molecule has 224 valence electrons. The van der Waals surface area contributed by atoms with Crippen LogP contribution in [-0.2, 0) is 6.42 Å². The first-order valence-corrected chi connectivity index (χ1v) is 16.0. The lowest BCUT2D eigenvalue weighted by Gasteiger charge is -2.27. The lowest BCUT2D eigenvalue weighted by molar-refractivity contribution is 0.752. The van der Waals surface area contributed by atoms with Crippen LogP contribution in [0.15, 0.2) is 133 Å². The van der Waals surface area contributed by atoms with Gasteiger partial charge in [0.15, 0.2) is 17.5 Å². The molecule has 1 atom stereocenters. The predicted octanol–water partition coefficient (Wildman–Crippen LogP) is 10.1. The molecule has 2 aromatic carbocycles. The molecule has 0 amide bonds. The lowest BCUT2D eigenvalue weighted by atomic mass is 9.78. The van der Waals surface area contributed by atoms with Gasteiger partial charge in [-0.25, -0.2) is 19.9 Å². The number of fused-ring (bicyclic) bond motifs is 2. The highest BCUT2D eigenvalue weighted by Gasteiger charge is 2.26. The Morgan fingerprint density at radius 2 is 1.59 bits per heavy atom. The maximum Gasteiger partial charge on any atom is 0.164 e. The Morgan fingerprint density at radius 3 is 2.37 bits per heavy atom. The number of benzene rings is 2. The van der Waals surface area contributed by atoms with Crippen LogP contribution < -0.4 is 0 Å². The average molecular weight is 597 g/mol. The zero-order valence-corrected chi connectivity index (χ0v) is 26.5. The van der Waals surface area contributed by atoms with E-state index in [2.05, 4.69) is 91.9 Å². The zero-order chi connectivity index (χ0) is 31.5. The molecule has 3 aliphatic rings. The van der Waals surface area contributed by atoms with Gasteiger partial charge in [0, 0.05) is 33.7 Å². The normalized spacial score (nSPS) is 17.8. The van der Waals surface area contributed by atoms with Crippen LogP contribution in [0.25, 0.3) is 51.8 Å². The largest absolute Gasteiger partial charge is 0.247 e. The van der Waals surface area contributed by atoms with Crippen molar-refractivity contribution in [2.24, 2.45) is 5.92 Å². The van der Waals surface area contributed by atoms with Gasteiger partial charge >= 0.3 is 0 Å². The summed E-state index contributed by atoms with van der Waals surface area (Å²) in [7, 11) is 0. The van der Waals surface area contributed by atoms with Crippen molar-refractivity contribution in [1.82, 2.24) is 19.9 Å². The van der Waals surface area contributed by atoms with Crippen molar-refractivity contribution in [1.29, 1.82) is 0 Å². The predicted molar refractivity (Wildman–Crippen MR) is 191 cm³/mol. The van der Waals surface area contributed by atoms with E-state index in [0.717, 1.165) is 46.5 Å². The third-order valence-electron chi connectivity index (χ3n) is 8.77. The Bertz CT molecular complexity index is 2070. The summed E-state index contributed by atoms with van der Waals surface area (Å²) in [5.41, 5.74) is 12.3. The van der Waals surface area contributed by atoms with Crippen LogP contribution in [0.3, 0.4) is 0 Å². The number of nitrogens with zero attached hydrogens (tertiary/aromatic N) is 4. The van der Waals surface area contributed by atoms with E-state index in [9.17, 15) is 0 Å². The molecular weight excluding hydrogens is 560 g/mol. The Morgan fingerprint density at radius 1 is 0.804 bits per heavy atom. The van der Waals surface area contributed by atoms with Crippen LogP contribution in [0, 0.1) is 12.8 Å². The topological polar surface area (TPSA) is 51.6 Å². The van der Waals surface area contributed by atoms with Gasteiger partial charge in [-0.3, -0.25) is 0 Å². The Labute approximate surface area is 271 Å². The van der Waals surface area contributed by atoms with Gasteiger partial charge in [-0.1, -0.05) is 115 Å². The van der Waals surface area contributed by atoms with Crippen LogP contribution in [0.4, 0.5) is 0 Å². The fraction of sp³-hybridized carbons (Fsp3) is 0.143. The maximum absolute atomic E-state index is 5.38. The number of aromatic nitrogens is 4. The third-order valence-corrected chi connectivity index (χ3v) is 8.77. The van der Waals surface area contributed by atoms with Crippen LogP contribution >= 0.6 is 0 Å². The number of allylic oxidation sites excluding steroid dienone is 14. The Balaban J connectivity index is 1.40. The SMILES string of the molecule is C/C=C\C(=C/C)c1nc(-c2ccccc2)nc(-c2cccc(-c3nc(/C=C4/C=CC=CC4)c(C)c4c3C=C3C=CC=CC3C4)c2)n1. The van der Waals surface area contributed by atoms with E-state index in [1.165, 1.54) is 27.8 Å². The summed E-state index contributed by atoms with van der Waals surface area (Å²) in [4.78, 5) is 20.2. The summed E-state index contributed by atoms with van der Waals surface area (Å²) in [6.07, 6.45) is 30.0. The highest BCUT2D eigenvalue weighted by molar-refractivity contribution is 5.82. The minimum Gasteiger partial charge on any atom is -0.247 e. The second-order valence-corrected chi connectivity index (χ2v) is 11.8. The summed E-state index contributed by atoms with van der Waals surface area (Å²) >= 11 is 0. The van der Waals surface area contributed by atoms with Gasteiger partial charge in [0.25, 0.3) is 0 Å². The van der Waals surface area contributed by atoms with Gasteiger partial charge in [0.1, 0.15) is 0 Å². The molecular formula is C42H36N4. The van der Waals surface area contributed by atoms with E-state index in [-0.39, 0.29) is 0 Å². The molecule has 0 aliphatic heterocycles. The van der Waals surface area contributed by atoms with Gasteiger partial charge in [-0.05, 0) is 74.1 Å². The summed E-state index contributed by atoms with van der Waals surface area (Å²) in [5, 5.41) is 0. The zero-order valence-electron chi connectivity index (χ0n) is 26.5. The Hall–Kier alpha value is -5.48. The minimum atomic E-state index is 0.383. The Kier molecular flexibility index (Phi) is 8.18. The van der Waals surface area contributed by atoms with Crippen molar-refractivity contribution < 1.29 is 0 Å². The average Bonchev–Trinajstić information content (AvgIpc) is 3.12. The molecule has 0 bridgehead atoms. The quantitative estimate of drug-likeness (QED) is 0.208. The first-order chi connectivity index (χ1) is 22.6. The fourth-order valence-corrected chi connectivity index (χ4v) is 6.32. The van der Waals surface area contributed by atoms with Gasteiger partial charge in [0.2, 0.25) is 0 Å². The highest BCUT2D eigenvalue weighted by Crippen LogP contribution is 2.40. The standard InChI is InChI=1S/C42H36N4/c1-4-15-30(5-2)40-44-41(31-18-10-7-11-19-31)46-42(45-40)35-23-14-22-34(25-35)39-37-27-33-21-13-12-20-32(33)26-36(37)28(3)38(43-39)24-29-16-8-6-9-17-29/h4-16,18-25,27,32H,17,26H2,1-3H3/b15-4-,29-24-,30-5+. The van der Waals surface area contributed by atoms with Crippen LogP contribution in [-0.4, -0.2) is 19.9 Å². The van der Waals surface area contributed by atoms with Gasteiger partial charge in [0.05, 0.1) is 11.4 Å². The minimum absolute atomic E-state index is 0.383. The van der Waals surface area contributed by atoms with Crippen LogP contribution in [0.2, 0.25) is 0 Å².